The number of hydrogen-bond donors (Lipinski definition) is 1. The molecule has 3 aromatic heterocycles. The summed E-state index contributed by atoms with van der Waals surface area (Å²) in [4.78, 5) is 12.8. The molecule has 1 aromatic carbocycles. The molecular weight excluding hydrogens is 404 g/mol. The number of pyridine rings is 1. The minimum atomic E-state index is -0.309. The van der Waals surface area contributed by atoms with Gasteiger partial charge in [-0.15, -0.1) is 20.4 Å². The van der Waals surface area contributed by atoms with Crippen LogP contribution in [0, 0.1) is 13.8 Å². The Bertz CT molecular complexity index is 1200. The van der Waals surface area contributed by atoms with Crippen molar-refractivity contribution in [2.24, 2.45) is 0 Å². The summed E-state index contributed by atoms with van der Waals surface area (Å²) < 4.78 is 2.05. The molecule has 0 radical (unpaired) electrons. The van der Waals surface area contributed by atoms with Gasteiger partial charge in [0, 0.05) is 5.39 Å². The van der Waals surface area contributed by atoms with Gasteiger partial charge in [-0.05, 0) is 43.9 Å². The van der Waals surface area contributed by atoms with Crippen molar-refractivity contribution in [3.63, 3.8) is 0 Å². The van der Waals surface area contributed by atoms with E-state index in [4.69, 9.17) is 0 Å². The lowest BCUT2D eigenvalue weighted by atomic mass is 10.1. The molecule has 0 aliphatic carbocycles. The van der Waals surface area contributed by atoms with Gasteiger partial charge in [-0.25, -0.2) is 0 Å². The normalized spacial score (nSPS) is 12.6. The van der Waals surface area contributed by atoms with Crippen LogP contribution in [0.3, 0.4) is 0 Å². The van der Waals surface area contributed by atoms with Crippen molar-refractivity contribution < 1.29 is 4.79 Å². The first-order valence-electron chi connectivity index (χ1n) is 9.55. The number of aromatic nitrogens is 5. The number of nitrogens with zero attached hydrogens (tertiary/aromatic N) is 5. The Hall–Kier alpha value is -2.52. The van der Waals surface area contributed by atoms with Gasteiger partial charge in [0.1, 0.15) is 5.01 Å². The number of anilines is 1. The lowest BCUT2D eigenvalue weighted by molar-refractivity contribution is -0.115. The van der Waals surface area contributed by atoms with E-state index < -0.39 is 0 Å². The maximum Gasteiger partial charge on any atom is 0.239 e. The Morgan fingerprint density at radius 3 is 2.72 bits per heavy atom. The van der Waals surface area contributed by atoms with Gasteiger partial charge in [0.25, 0.3) is 0 Å². The van der Waals surface area contributed by atoms with Crippen LogP contribution in [0.1, 0.15) is 36.4 Å². The number of thioether (sulfide) groups is 1. The molecule has 1 atom stereocenters. The van der Waals surface area contributed by atoms with E-state index in [-0.39, 0.29) is 11.2 Å². The van der Waals surface area contributed by atoms with Crippen LogP contribution in [0.4, 0.5) is 5.13 Å². The summed E-state index contributed by atoms with van der Waals surface area (Å²) in [5.74, 6) is -0.0961. The van der Waals surface area contributed by atoms with Gasteiger partial charge < -0.3 is 0 Å². The molecular formula is C20H22N6OS2. The Labute approximate surface area is 176 Å². The Kier molecular flexibility index (Phi) is 5.51. The van der Waals surface area contributed by atoms with E-state index in [1.807, 2.05) is 19.9 Å². The second-order valence-electron chi connectivity index (χ2n) is 6.83. The topological polar surface area (TPSA) is 85.1 Å². The molecule has 150 valence electrons. The molecule has 7 nitrogen and oxygen atoms in total. The Morgan fingerprint density at radius 1 is 1.17 bits per heavy atom. The number of amides is 1. The van der Waals surface area contributed by atoms with Crippen LogP contribution in [-0.2, 0) is 11.2 Å². The van der Waals surface area contributed by atoms with E-state index in [0.29, 0.717) is 16.7 Å². The third-order valence-corrected chi connectivity index (χ3v) is 7.09. The Balaban J connectivity index is 1.68. The largest absolute Gasteiger partial charge is 0.300 e. The molecule has 1 unspecified atom stereocenters. The van der Waals surface area contributed by atoms with Crippen molar-refractivity contribution >= 4 is 50.7 Å². The van der Waals surface area contributed by atoms with Crippen molar-refractivity contribution in [1.29, 1.82) is 0 Å². The zero-order valence-electron chi connectivity index (χ0n) is 16.8. The summed E-state index contributed by atoms with van der Waals surface area (Å²) in [5.41, 5.74) is 4.19. The first kappa shape index (κ1) is 19.8. The summed E-state index contributed by atoms with van der Waals surface area (Å²) in [6.07, 6.45) is 1.46. The minimum Gasteiger partial charge on any atom is -0.300 e. The molecule has 29 heavy (non-hydrogen) atoms. The fourth-order valence-electron chi connectivity index (χ4n) is 3.29. The second-order valence-corrected chi connectivity index (χ2v) is 9.07. The number of benzene rings is 1. The van der Waals surface area contributed by atoms with E-state index in [9.17, 15) is 4.79 Å². The summed E-state index contributed by atoms with van der Waals surface area (Å²) in [6.45, 7) is 8.17. The van der Waals surface area contributed by atoms with Crippen molar-refractivity contribution in [2.45, 2.75) is 50.9 Å². The number of aryl methyl sites for hydroxylation is 3. The molecule has 0 spiro atoms. The lowest BCUT2D eigenvalue weighted by Gasteiger charge is -2.14. The average molecular weight is 427 g/mol. The molecule has 0 aliphatic rings. The molecule has 0 aliphatic heterocycles. The number of carbonyl (C=O) groups excluding carboxylic acids is 1. The van der Waals surface area contributed by atoms with Crippen molar-refractivity contribution in [2.75, 3.05) is 5.32 Å². The van der Waals surface area contributed by atoms with Gasteiger partial charge in [-0.2, -0.15) is 0 Å². The highest BCUT2D eigenvalue weighted by atomic mass is 32.2. The average Bonchev–Trinajstić information content (AvgIpc) is 3.33. The molecule has 0 bridgehead atoms. The van der Waals surface area contributed by atoms with Crippen molar-refractivity contribution in [3.05, 3.63) is 40.4 Å². The third kappa shape index (κ3) is 3.72. The maximum atomic E-state index is 12.8. The first-order chi connectivity index (χ1) is 14.0. The van der Waals surface area contributed by atoms with Gasteiger partial charge in [-0.1, -0.05) is 55.1 Å². The van der Waals surface area contributed by atoms with Crippen LogP contribution in [0.25, 0.3) is 16.6 Å². The molecule has 0 saturated heterocycles. The quantitative estimate of drug-likeness (QED) is 0.459. The van der Waals surface area contributed by atoms with Gasteiger partial charge in [0.15, 0.2) is 10.8 Å². The van der Waals surface area contributed by atoms with Gasteiger partial charge in [-0.3, -0.25) is 14.5 Å². The van der Waals surface area contributed by atoms with E-state index in [1.54, 1.807) is 0 Å². The number of hydrogen-bond acceptors (Lipinski definition) is 7. The van der Waals surface area contributed by atoms with Gasteiger partial charge in [0.05, 0.1) is 10.8 Å². The summed E-state index contributed by atoms with van der Waals surface area (Å²) in [6, 6.07) is 8.28. The highest BCUT2D eigenvalue weighted by Gasteiger charge is 2.23. The predicted molar refractivity (Wildman–Crippen MR) is 118 cm³/mol. The van der Waals surface area contributed by atoms with Crippen LogP contribution >= 0.6 is 23.1 Å². The number of fused-ring (bicyclic) bond motifs is 3. The number of para-hydroxylation sites is 1. The molecule has 1 N–H and O–H groups in total. The van der Waals surface area contributed by atoms with E-state index >= 15 is 0 Å². The fourth-order valence-corrected chi connectivity index (χ4v) is 4.94. The molecule has 0 saturated carbocycles. The fraction of sp³-hybridized carbons (Fsp3) is 0.350. The van der Waals surface area contributed by atoms with Crippen LogP contribution < -0.4 is 5.32 Å². The number of rotatable bonds is 6. The van der Waals surface area contributed by atoms with Crippen LogP contribution in [0.2, 0.25) is 0 Å². The standard InChI is InChI=1S/C20H22N6OS2/c1-5-14(18(27)21-19-24-23-16(6-2)29-19)28-20-25-22-15-10-12(4)13-9-7-8-11(3)17(13)26(15)20/h7-10,14H,5-6H2,1-4H3,(H,21,24,27). The maximum absolute atomic E-state index is 12.8. The monoisotopic (exact) mass is 426 g/mol. The second kappa shape index (κ2) is 8.08. The van der Waals surface area contributed by atoms with Crippen LogP contribution in [0.5, 0.6) is 0 Å². The third-order valence-electron chi connectivity index (χ3n) is 4.80. The minimum absolute atomic E-state index is 0.0961. The molecule has 0 fully saturated rings. The zero-order chi connectivity index (χ0) is 20.5. The highest BCUT2D eigenvalue weighted by molar-refractivity contribution is 8.00. The predicted octanol–water partition coefficient (Wildman–Crippen LogP) is 4.42. The van der Waals surface area contributed by atoms with Crippen LogP contribution in [-0.4, -0.2) is 36.0 Å². The van der Waals surface area contributed by atoms with E-state index in [1.165, 1.54) is 23.1 Å². The molecule has 4 aromatic rings. The first-order valence-corrected chi connectivity index (χ1v) is 11.2. The van der Waals surface area contributed by atoms with Crippen LogP contribution in [0.15, 0.2) is 29.4 Å². The zero-order valence-corrected chi connectivity index (χ0v) is 18.4. The number of nitrogens with one attached hydrogen (secondary N) is 1. The smallest absolute Gasteiger partial charge is 0.239 e. The summed E-state index contributed by atoms with van der Waals surface area (Å²) >= 11 is 2.84. The number of carbonyl (C=O) groups is 1. The van der Waals surface area contributed by atoms with Gasteiger partial charge >= 0.3 is 0 Å². The van der Waals surface area contributed by atoms with E-state index in [0.717, 1.165) is 39.1 Å². The molecule has 4 rings (SSSR count). The summed E-state index contributed by atoms with van der Waals surface area (Å²) in [5, 5.41) is 22.8. The summed E-state index contributed by atoms with van der Waals surface area (Å²) in [7, 11) is 0. The molecule has 9 heteroatoms. The molecule has 1 amide bonds. The van der Waals surface area contributed by atoms with Gasteiger partial charge in [0.2, 0.25) is 11.0 Å². The van der Waals surface area contributed by atoms with E-state index in [2.05, 4.69) is 62.2 Å². The lowest BCUT2D eigenvalue weighted by Crippen LogP contribution is -2.24. The SMILES string of the molecule is CCc1nnc(NC(=O)C(CC)Sc2nnc3cc(C)c4cccc(C)c4n23)s1. The molecule has 3 heterocycles. The highest BCUT2D eigenvalue weighted by Crippen LogP contribution is 2.31. The Morgan fingerprint density at radius 2 is 2.00 bits per heavy atom. The van der Waals surface area contributed by atoms with Crippen molar-refractivity contribution in [1.82, 2.24) is 24.8 Å². The van der Waals surface area contributed by atoms with Crippen molar-refractivity contribution in [3.8, 4) is 0 Å².